The molecule has 9 heteroatoms. The summed E-state index contributed by atoms with van der Waals surface area (Å²) < 4.78 is 13.3. The van der Waals surface area contributed by atoms with Crippen LogP contribution < -0.4 is 14.8 Å². The molecule has 7 nitrogen and oxygen atoms in total. The van der Waals surface area contributed by atoms with E-state index in [4.69, 9.17) is 9.47 Å². The Balaban J connectivity index is 1.61. The van der Waals surface area contributed by atoms with Crippen molar-refractivity contribution in [3.05, 3.63) is 65.2 Å². The quantitative estimate of drug-likeness (QED) is 0.343. The van der Waals surface area contributed by atoms with Gasteiger partial charge in [0.2, 0.25) is 5.91 Å². The van der Waals surface area contributed by atoms with Gasteiger partial charge in [-0.15, -0.1) is 6.58 Å². The molecule has 0 radical (unpaired) electrons. The molecule has 2 amide bonds. The minimum atomic E-state index is -2.34. The van der Waals surface area contributed by atoms with Gasteiger partial charge in [-0.25, -0.2) is 0 Å². The molecule has 0 bridgehead atoms. The summed E-state index contributed by atoms with van der Waals surface area (Å²) in [7, 11) is -0.685. The minimum absolute atomic E-state index is 0.0156. The highest BCUT2D eigenvalue weighted by atomic mass is 79.9. The summed E-state index contributed by atoms with van der Waals surface area (Å²) in [4.78, 5) is 31.7. The van der Waals surface area contributed by atoms with Gasteiger partial charge < -0.3 is 24.4 Å². The average molecular weight is 628 g/mol. The molecule has 1 N–H and O–H groups in total. The molecule has 5 atom stereocenters. The lowest BCUT2D eigenvalue weighted by atomic mass is 9.82. The molecule has 214 valence electrons. The first-order chi connectivity index (χ1) is 19.1. The van der Waals surface area contributed by atoms with Gasteiger partial charge in [0.15, 0.2) is 5.60 Å². The van der Waals surface area contributed by atoms with Crippen molar-refractivity contribution in [3.63, 3.8) is 0 Å². The van der Waals surface area contributed by atoms with Crippen molar-refractivity contribution in [2.24, 2.45) is 5.92 Å². The number of methoxy groups -OCH3 is 1. The molecular formula is C31H39BrN2O5Si. The summed E-state index contributed by atoms with van der Waals surface area (Å²) in [5.74, 6) is 0.498. The van der Waals surface area contributed by atoms with Gasteiger partial charge in [0.25, 0.3) is 5.91 Å². The lowest BCUT2D eigenvalue weighted by molar-refractivity contribution is -0.149. The third-order valence-corrected chi connectivity index (χ3v) is 14.2. The molecule has 2 aromatic carbocycles. The van der Waals surface area contributed by atoms with Crippen LogP contribution in [-0.2, 0) is 19.9 Å². The number of hydrogen-bond donors (Lipinski definition) is 1. The number of nitrogens with zero attached hydrogens (tertiary/aromatic N) is 2. The molecule has 0 saturated carbocycles. The number of aliphatic hydroxyl groups excluding tert-OH is 1. The Hall–Kier alpha value is -2.46. The Morgan fingerprint density at radius 1 is 1.27 bits per heavy atom. The Bertz CT molecular complexity index is 1300. The second-order valence-electron chi connectivity index (χ2n) is 11.8. The number of fused-ring (bicyclic) bond motifs is 2. The number of hydrogen-bond acceptors (Lipinski definition) is 5. The lowest BCUT2D eigenvalue weighted by Gasteiger charge is -2.37. The largest absolute Gasteiger partial charge is 0.497 e. The zero-order chi connectivity index (χ0) is 28.8. The average Bonchev–Trinajstić information content (AvgIpc) is 3.60. The van der Waals surface area contributed by atoms with Gasteiger partial charge in [-0.2, -0.15) is 0 Å². The Kier molecular flexibility index (Phi) is 8.04. The van der Waals surface area contributed by atoms with E-state index in [1.165, 1.54) is 5.19 Å². The molecule has 0 aliphatic carbocycles. The number of rotatable bonds is 8. The van der Waals surface area contributed by atoms with Crippen LogP contribution >= 0.6 is 15.9 Å². The number of anilines is 1. The standard InChI is InChI=1S/C31H39BrN2O5Si/c1-6-15-34-26-14-9-21(32)17-25(26)31(30(34)37)20(2)29(40(4,5)24-12-10-23(38-3)11-13-24)27(39-31)18-28(36)33-16-7-8-22(33)19-35/h6,9-14,17,20,22,27,29,35H,1,7-8,15-16,18-19H2,2-5H3/t20-,22+,27+,29-,31+/m1/s1. The predicted molar refractivity (Wildman–Crippen MR) is 163 cm³/mol. The Labute approximate surface area is 246 Å². The van der Waals surface area contributed by atoms with E-state index < -0.39 is 19.8 Å². The Morgan fingerprint density at radius 2 is 2.00 bits per heavy atom. The fourth-order valence-corrected chi connectivity index (χ4v) is 11.8. The van der Waals surface area contributed by atoms with Gasteiger partial charge in [-0.3, -0.25) is 9.59 Å². The third kappa shape index (κ3) is 4.55. The fraction of sp³-hybridized carbons (Fsp3) is 0.484. The normalized spacial score (nSPS) is 27.9. The molecule has 2 saturated heterocycles. The van der Waals surface area contributed by atoms with Crippen LogP contribution in [0.4, 0.5) is 5.69 Å². The van der Waals surface area contributed by atoms with Crippen LogP contribution in [-0.4, -0.2) is 68.8 Å². The van der Waals surface area contributed by atoms with Crippen molar-refractivity contribution in [3.8, 4) is 5.75 Å². The molecular weight excluding hydrogens is 588 g/mol. The zero-order valence-corrected chi connectivity index (χ0v) is 26.3. The highest BCUT2D eigenvalue weighted by Gasteiger charge is 2.66. The second kappa shape index (κ2) is 11.1. The van der Waals surface area contributed by atoms with Crippen molar-refractivity contribution in [1.82, 2.24) is 4.90 Å². The molecule has 3 aliphatic heterocycles. The van der Waals surface area contributed by atoms with Crippen LogP contribution in [0.3, 0.4) is 0 Å². The molecule has 0 aromatic heterocycles. The maximum absolute atomic E-state index is 14.4. The number of carbonyl (C=O) groups excluding carboxylic acids is 2. The first kappa shape index (κ1) is 29.0. The van der Waals surface area contributed by atoms with Gasteiger partial charge in [0, 0.05) is 29.0 Å². The molecule has 0 unspecified atom stereocenters. The Morgan fingerprint density at radius 3 is 2.65 bits per heavy atom. The summed E-state index contributed by atoms with van der Waals surface area (Å²) in [6.07, 6.45) is 3.15. The SMILES string of the molecule is C=CCN1C(=O)[C@@]2(O[C@@H](CC(=O)N3CCC[C@H]3CO)[C@H]([Si](C)(C)c3ccc(OC)cc3)[C@H]2C)c2cc(Br)ccc21. The van der Waals surface area contributed by atoms with Crippen molar-refractivity contribution in [2.75, 3.05) is 31.7 Å². The number of benzene rings is 2. The molecule has 5 rings (SSSR count). The second-order valence-corrected chi connectivity index (χ2v) is 17.4. The van der Waals surface area contributed by atoms with Crippen molar-refractivity contribution < 1.29 is 24.2 Å². The van der Waals surface area contributed by atoms with E-state index in [1.807, 2.05) is 35.2 Å². The van der Waals surface area contributed by atoms with Crippen LogP contribution in [0.2, 0.25) is 18.6 Å². The van der Waals surface area contributed by atoms with Crippen LogP contribution in [0.5, 0.6) is 5.75 Å². The summed E-state index contributed by atoms with van der Waals surface area (Å²) in [6.45, 7) is 11.6. The molecule has 2 fully saturated rings. The zero-order valence-electron chi connectivity index (χ0n) is 23.7. The summed E-state index contributed by atoms with van der Waals surface area (Å²) in [6, 6.07) is 13.9. The van der Waals surface area contributed by atoms with Crippen molar-refractivity contribution >= 4 is 46.7 Å². The fourth-order valence-electron chi connectivity index (χ4n) is 7.44. The number of ether oxygens (including phenoxy) is 2. The van der Waals surface area contributed by atoms with E-state index in [1.54, 1.807) is 18.1 Å². The summed E-state index contributed by atoms with van der Waals surface area (Å²) >= 11 is 3.62. The molecule has 3 heterocycles. The van der Waals surface area contributed by atoms with Gasteiger partial charge >= 0.3 is 0 Å². The summed E-state index contributed by atoms with van der Waals surface area (Å²) in [5.41, 5.74) is 0.444. The van der Waals surface area contributed by atoms with Crippen LogP contribution in [0.15, 0.2) is 59.6 Å². The van der Waals surface area contributed by atoms with E-state index in [9.17, 15) is 14.7 Å². The smallest absolute Gasteiger partial charge is 0.264 e. The first-order valence-electron chi connectivity index (χ1n) is 14.1. The maximum atomic E-state index is 14.4. The highest BCUT2D eigenvalue weighted by molar-refractivity contribution is 9.10. The molecule has 40 heavy (non-hydrogen) atoms. The molecule has 3 aliphatic rings. The van der Waals surface area contributed by atoms with Gasteiger partial charge in [0.1, 0.15) is 5.75 Å². The number of likely N-dealkylation sites (tertiary alicyclic amines) is 1. The highest BCUT2D eigenvalue weighted by Crippen LogP contribution is 2.60. The first-order valence-corrected chi connectivity index (χ1v) is 17.9. The number of carbonyl (C=O) groups is 2. The van der Waals surface area contributed by atoms with Crippen molar-refractivity contribution in [1.29, 1.82) is 0 Å². The number of halogens is 1. The topological polar surface area (TPSA) is 79.3 Å². The van der Waals surface area contributed by atoms with E-state index >= 15 is 0 Å². The maximum Gasteiger partial charge on any atom is 0.264 e. The van der Waals surface area contributed by atoms with Crippen LogP contribution in [0.25, 0.3) is 0 Å². The molecule has 1 spiro atoms. The van der Waals surface area contributed by atoms with E-state index in [2.05, 4.69) is 54.7 Å². The van der Waals surface area contributed by atoms with E-state index in [0.29, 0.717) is 13.1 Å². The van der Waals surface area contributed by atoms with E-state index in [-0.39, 0.29) is 42.3 Å². The van der Waals surface area contributed by atoms with E-state index in [0.717, 1.165) is 34.3 Å². The van der Waals surface area contributed by atoms with Gasteiger partial charge in [-0.05, 0) is 48.7 Å². The van der Waals surface area contributed by atoms with Gasteiger partial charge in [0.05, 0.1) is 46.0 Å². The predicted octanol–water partition coefficient (Wildman–Crippen LogP) is 4.58. The van der Waals surface area contributed by atoms with Gasteiger partial charge in [-0.1, -0.05) is 59.3 Å². The monoisotopic (exact) mass is 626 g/mol. The lowest BCUT2D eigenvalue weighted by Crippen LogP contribution is -2.52. The minimum Gasteiger partial charge on any atom is -0.497 e. The van der Waals surface area contributed by atoms with Crippen LogP contribution in [0, 0.1) is 5.92 Å². The molecule has 2 aromatic rings. The third-order valence-electron chi connectivity index (χ3n) is 9.39. The number of aliphatic hydroxyl groups is 1. The number of amides is 2. The van der Waals surface area contributed by atoms with Crippen LogP contribution in [0.1, 0.15) is 31.7 Å². The van der Waals surface area contributed by atoms with Crippen molar-refractivity contribution in [2.45, 2.75) is 62.6 Å². The summed E-state index contributed by atoms with van der Waals surface area (Å²) in [5, 5.41) is 11.1.